The SMILES string of the molecule is CN(CCOC(=O)c1ccc(Cl)cc1)c1[nH+]cc(C(F)(F)F)cc1Cl. The standard InChI is InChI=1S/C16H13Cl2F3N2O2/c1-23(14-13(18)8-11(9-22-14)16(19,20)21)6-7-25-15(24)10-2-4-12(17)5-3-10/h2-5,8-9H,6-7H2,1H3/p+1. The van der Waals surface area contributed by atoms with Crippen molar-refractivity contribution in [2.45, 2.75) is 6.18 Å². The molecule has 0 aliphatic heterocycles. The number of benzene rings is 1. The number of ether oxygens (including phenoxy) is 1. The number of hydrogen-bond donors (Lipinski definition) is 0. The predicted octanol–water partition coefficient (Wildman–Crippen LogP) is 4.12. The molecule has 0 bridgehead atoms. The molecule has 0 fully saturated rings. The summed E-state index contributed by atoms with van der Waals surface area (Å²) in [5.41, 5.74) is -0.519. The van der Waals surface area contributed by atoms with Gasteiger partial charge in [-0.3, -0.25) is 4.90 Å². The number of likely N-dealkylation sites (N-methyl/N-ethyl adjacent to an activating group) is 1. The molecule has 0 saturated carbocycles. The van der Waals surface area contributed by atoms with Gasteiger partial charge in [-0.25, -0.2) is 9.78 Å². The van der Waals surface area contributed by atoms with Gasteiger partial charge in [-0.05, 0) is 30.3 Å². The van der Waals surface area contributed by atoms with Crippen LogP contribution < -0.4 is 9.88 Å². The number of carbonyl (C=O) groups excluding carboxylic acids is 1. The van der Waals surface area contributed by atoms with Crippen molar-refractivity contribution in [1.29, 1.82) is 0 Å². The Balaban J connectivity index is 1.93. The molecule has 4 nitrogen and oxygen atoms in total. The van der Waals surface area contributed by atoms with Gasteiger partial charge in [-0.2, -0.15) is 13.2 Å². The van der Waals surface area contributed by atoms with E-state index in [0.717, 1.165) is 12.3 Å². The highest BCUT2D eigenvalue weighted by atomic mass is 35.5. The number of hydrogen-bond acceptors (Lipinski definition) is 3. The zero-order valence-electron chi connectivity index (χ0n) is 13.0. The molecule has 0 atom stereocenters. The monoisotopic (exact) mass is 393 g/mol. The topological polar surface area (TPSA) is 43.7 Å². The van der Waals surface area contributed by atoms with E-state index in [0.29, 0.717) is 10.6 Å². The summed E-state index contributed by atoms with van der Waals surface area (Å²) in [6.07, 6.45) is -3.65. The predicted molar refractivity (Wildman–Crippen MR) is 88.0 cm³/mol. The zero-order valence-corrected chi connectivity index (χ0v) is 14.5. The van der Waals surface area contributed by atoms with Crippen LogP contribution in [0.1, 0.15) is 15.9 Å². The second-order valence-electron chi connectivity index (χ2n) is 5.15. The number of rotatable bonds is 5. The molecule has 2 aromatic rings. The number of pyridine rings is 1. The summed E-state index contributed by atoms with van der Waals surface area (Å²) in [5, 5.41) is 0.421. The van der Waals surface area contributed by atoms with E-state index in [4.69, 9.17) is 27.9 Å². The van der Waals surface area contributed by atoms with Crippen LogP contribution in [0.2, 0.25) is 10.0 Å². The smallest absolute Gasteiger partial charge is 0.419 e. The number of aromatic amines is 1. The molecule has 1 N–H and O–H groups in total. The van der Waals surface area contributed by atoms with Gasteiger partial charge >= 0.3 is 12.1 Å². The highest BCUT2D eigenvalue weighted by molar-refractivity contribution is 6.32. The van der Waals surface area contributed by atoms with Crippen LogP contribution in [-0.4, -0.2) is 26.2 Å². The summed E-state index contributed by atoms with van der Waals surface area (Å²) >= 11 is 11.6. The van der Waals surface area contributed by atoms with Crippen LogP contribution in [0.5, 0.6) is 0 Å². The Kier molecular flexibility index (Phi) is 6.13. The van der Waals surface area contributed by atoms with Gasteiger partial charge in [0.15, 0.2) is 0 Å². The van der Waals surface area contributed by atoms with Crippen LogP contribution in [0.3, 0.4) is 0 Å². The molecule has 1 heterocycles. The Morgan fingerprint density at radius 1 is 1.24 bits per heavy atom. The third-order valence-corrected chi connectivity index (χ3v) is 3.86. The summed E-state index contributed by atoms with van der Waals surface area (Å²) < 4.78 is 43.0. The molecular formula is C16H14Cl2F3N2O2+. The Morgan fingerprint density at radius 3 is 2.44 bits per heavy atom. The average molecular weight is 394 g/mol. The second kappa shape index (κ2) is 7.93. The van der Waals surface area contributed by atoms with Gasteiger partial charge in [0.25, 0.3) is 5.82 Å². The molecule has 9 heteroatoms. The van der Waals surface area contributed by atoms with E-state index in [9.17, 15) is 18.0 Å². The number of carbonyl (C=O) groups is 1. The van der Waals surface area contributed by atoms with E-state index >= 15 is 0 Å². The van der Waals surface area contributed by atoms with Crippen LogP contribution in [0.4, 0.5) is 19.0 Å². The van der Waals surface area contributed by atoms with Crippen molar-refractivity contribution in [1.82, 2.24) is 0 Å². The van der Waals surface area contributed by atoms with E-state index in [1.807, 2.05) is 0 Å². The molecule has 2 rings (SSSR count). The van der Waals surface area contributed by atoms with Gasteiger partial charge in [0.1, 0.15) is 24.4 Å². The van der Waals surface area contributed by atoms with Gasteiger partial charge in [0, 0.05) is 5.02 Å². The lowest BCUT2D eigenvalue weighted by molar-refractivity contribution is -0.367. The Morgan fingerprint density at radius 2 is 1.88 bits per heavy atom. The fourth-order valence-electron chi connectivity index (χ4n) is 1.97. The first-order valence-electron chi connectivity index (χ1n) is 7.10. The maximum absolute atomic E-state index is 12.6. The van der Waals surface area contributed by atoms with Crippen molar-refractivity contribution >= 4 is 35.0 Å². The quantitative estimate of drug-likeness (QED) is 0.717. The summed E-state index contributed by atoms with van der Waals surface area (Å²) in [6, 6.07) is 7.05. The number of esters is 1. The first-order chi connectivity index (χ1) is 11.7. The first-order valence-corrected chi connectivity index (χ1v) is 7.86. The number of nitrogens with zero attached hydrogens (tertiary/aromatic N) is 1. The summed E-state index contributed by atoms with van der Waals surface area (Å²) in [7, 11) is 1.61. The van der Waals surface area contributed by atoms with Gasteiger partial charge in [0.05, 0.1) is 18.2 Å². The minimum absolute atomic E-state index is 0.0309. The van der Waals surface area contributed by atoms with E-state index in [2.05, 4.69) is 4.98 Å². The maximum atomic E-state index is 12.6. The van der Waals surface area contributed by atoms with Crippen LogP contribution in [0.15, 0.2) is 36.5 Å². The number of nitrogens with one attached hydrogen (secondary N) is 1. The van der Waals surface area contributed by atoms with Crippen molar-refractivity contribution in [2.75, 3.05) is 25.1 Å². The molecular weight excluding hydrogens is 380 g/mol. The number of halogens is 5. The van der Waals surface area contributed by atoms with Gasteiger partial charge < -0.3 is 4.74 Å². The third-order valence-electron chi connectivity index (χ3n) is 3.32. The Hall–Kier alpha value is -1.99. The van der Waals surface area contributed by atoms with E-state index in [1.165, 1.54) is 12.1 Å². The molecule has 25 heavy (non-hydrogen) atoms. The average Bonchev–Trinajstić information content (AvgIpc) is 2.54. The summed E-state index contributed by atoms with van der Waals surface area (Å²) in [5.74, 6) is -0.232. The number of alkyl halides is 3. The highest BCUT2D eigenvalue weighted by Crippen LogP contribution is 2.31. The van der Waals surface area contributed by atoms with E-state index in [-0.39, 0.29) is 24.0 Å². The molecule has 0 unspecified atom stereocenters. The van der Waals surface area contributed by atoms with Crippen molar-refractivity contribution in [3.8, 4) is 0 Å². The van der Waals surface area contributed by atoms with Gasteiger partial charge in [-0.15, -0.1) is 0 Å². The van der Waals surface area contributed by atoms with Gasteiger partial charge in [0.2, 0.25) is 0 Å². The van der Waals surface area contributed by atoms with Crippen LogP contribution >= 0.6 is 23.2 Å². The molecule has 0 amide bonds. The van der Waals surface area contributed by atoms with E-state index in [1.54, 1.807) is 24.1 Å². The first kappa shape index (κ1) is 19.3. The minimum Gasteiger partial charge on any atom is -0.458 e. The van der Waals surface area contributed by atoms with Crippen molar-refractivity contribution in [3.05, 3.63) is 57.7 Å². The van der Waals surface area contributed by atoms with Crippen LogP contribution in [-0.2, 0) is 10.9 Å². The van der Waals surface area contributed by atoms with Crippen molar-refractivity contribution < 1.29 is 27.7 Å². The molecule has 134 valence electrons. The minimum atomic E-state index is -4.48. The number of aromatic nitrogens is 1. The second-order valence-corrected chi connectivity index (χ2v) is 5.99. The number of H-pyrrole nitrogens is 1. The lowest BCUT2D eigenvalue weighted by Gasteiger charge is -2.13. The number of anilines is 1. The Bertz CT molecular complexity index is 752. The van der Waals surface area contributed by atoms with Crippen LogP contribution in [0, 0.1) is 0 Å². The molecule has 1 aromatic carbocycles. The fraction of sp³-hybridized carbons (Fsp3) is 0.250. The fourth-order valence-corrected chi connectivity index (χ4v) is 2.42. The maximum Gasteiger partial charge on any atom is 0.419 e. The van der Waals surface area contributed by atoms with Crippen LogP contribution in [0.25, 0.3) is 0 Å². The Labute approximate surface area is 152 Å². The zero-order chi connectivity index (χ0) is 18.6. The van der Waals surface area contributed by atoms with E-state index < -0.39 is 17.7 Å². The molecule has 0 spiro atoms. The highest BCUT2D eigenvalue weighted by Gasteiger charge is 2.33. The largest absolute Gasteiger partial charge is 0.458 e. The summed E-state index contributed by atoms with van der Waals surface area (Å²) in [4.78, 5) is 15.9. The molecule has 0 saturated heterocycles. The van der Waals surface area contributed by atoms with Crippen molar-refractivity contribution in [3.63, 3.8) is 0 Å². The summed E-state index contributed by atoms with van der Waals surface area (Å²) in [6.45, 7) is 0.268. The normalized spacial score (nSPS) is 11.3. The molecule has 0 radical (unpaired) electrons. The lowest BCUT2D eigenvalue weighted by Crippen LogP contribution is -2.30. The molecule has 1 aromatic heterocycles. The molecule has 0 aliphatic rings. The van der Waals surface area contributed by atoms with Gasteiger partial charge in [-0.1, -0.05) is 23.2 Å². The van der Waals surface area contributed by atoms with Crippen molar-refractivity contribution in [2.24, 2.45) is 0 Å². The third kappa shape index (κ3) is 5.24. The molecule has 0 aliphatic carbocycles. The lowest BCUT2D eigenvalue weighted by atomic mass is 10.2.